The number of pyridine rings is 1. The number of nitrogens with one attached hydrogen (secondary N) is 2. The van der Waals surface area contributed by atoms with Gasteiger partial charge in [-0.25, -0.2) is 0 Å². The van der Waals surface area contributed by atoms with Gasteiger partial charge in [0.05, 0.1) is 31.8 Å². The van der Waals surface area contributed by atoms with Crippen molar-refractivity contribution in [2.75, 3.05) is 0 Å². The molecule has 4 aromatic rings. The largest absolute Gasteiger partial charge is 0.430 e. The van der Waals surface area contributed by atoms with Crippen molar-refractivity contribution >= 4 is 48.8 Å². The van der Waals surface area contributed by atoms with E-state index in [0.717, 1.165) is 26.2 Å². The summed E-state index contributed by atoms with van der Waals surface area (Å²) >= 11 is 3.32. The van der Waals surface area contributed by atoms with Crippen LogP contribution in [0.4, 0.5) is 13.2 Å². The Morgan fingerprint density at radius 3 is 2.63 bits per heavy atom. The fraction of sp³-hybridized carbons (Fsp3) is 0.111. The van der Waals surface area contributed by atoms with E-state index in [0.29, 0.717) is 6.08 Å². The molecule has 0 aliphatic rings. The lowest BCUT2D eigenvalue weighted by Crippen LogP contribution is -2.20. The lowest BCUT2D eigenvalue weighted by atomic mass is 10.1. The monoisotopic (exact) mass is 406 g/mol. The molecule has 4 N–H and O–H groups in total. The molecule has 4 heterocycles. The molecular formula is C18H13F3N4S2. The summed E-state index contributed by atoms with van der Waals surface area (Å²) in [6.45, 7) is 2.06. The van der Waals surface area contributed by atoms with Crippen molar-refractivity contribution < 1.29 is 13.2 Å². The fourth-order valence-corrected chi connectivity index (χ4v) is 4.99. The highest BCUT2D eigenvalue weighted by molar-refractivity contribution is 7.29. The van der Waals surface area contributed by atoms with Crippen molar-refractivity contribution in [3.05, 3.63) is 52.8 Å². The zero-order valence-corrected chi connectivity index (χ0v) is 15.6. The van der Waals surface area contributed by atoms with Gasteiger partial charge in [-0.2, -0.15) is 13.2 Å². The first-order valence-corrected chi connectivity index (χ1v) is 9.47. The zero-order valence-electron chi connectivity index (χ0n) is 13.9. The molecule has 0 atom stereocenters. The Hall–Kier alpha value is -2.65. The summed E-state index contributed by atoms with van der Waals surface area (Å²) in [5.74, 6) is 0. The highest BCUT2D eigenvalue weighted by atomic mass is 32.1. The van der Waals surface area contributed by atoms with Gasteiger partial charge in [0, 0.05) is 16.0 Å². The van der Waals surface area contributed by atoms with E-state index in [2.05, 4.69) is 23.0 Å². The minimum absolute atomic E-state index is 0.133. The number of hydrogen-bond donors (Lipinski definition) is 3. The molecule has 0 aliphatic carbocycles. The lowest BCUT2D eigenvalue weighted by Gasteiger charge is -2.07. The van der Waals surface area contributed by atoms with E-state index in [1.165, 1.54) is 15.8 Å². The second-order valence-corrected chi connectivity index (χ2v) is 8.33. The van der Waals surface area contributed by atoms with Crippen LogP contribution in [0.5, 0.6) is 0 Å². The second-order valence-electron chi connectivity index (χ2n) is 6.02. The molecule has 0 spiro atoms. The number of rotatable bonds is 3. The van der Waals surface area contributed by atoms with Crippen molar-refractivity contribution in [1.82, 2.24) is 9.97 Å². The number of alkyl halides is 3. The predicted molar refractivity (Wildman–Crippen MR) is 105 cm³/mol. The van der Waals surface area contributed by atoms with E-state index in [-0.39, 0.29) is 11.4 Å². The van der Waals surface area contributed by atoms with Crippen molar-refractivity contribution in [2.24, 2.45) is 5.73 Å². The molecule has 138 valence electrons. The highest BCUT2D eigenvalue weighted by Crippen LogP contribution is 2.41. The normalized spacial score (nSPS) is 13.0. The van der Waals surface area contributed by atoms with E-state index in [1.807, 2.05) is 6.07 Å². The molecule has 0 aliphatic heterocycles. The Balaban J connectivity index is 1.72. The lowest BCUT2D eigenvalue weighted by molar-refractivity contribution is -0.0925. The molecule has 0 saturated heterocycles. The summed E-state index contributed by atoms with van der Waals surface area (Å²) in [5.41, 5.74) is 6.34. The maximum absolute atomic E-state index is 12.6. The summed E-state index contributed by atoms with van der Waals surface area (Å²) < 4.78 is 40.1. The number of hydrogen-bond acceptors (Lipinski definition) is 5. The van der Waals surface area contributed by atoms with Crippen LogP contribution >= 0.6 is 22.7 Å². The van der Waals surface area contributed by atoms with Gasteiger partial charge < -0.3 is 10.7 Å². The van der Waals surface area contributed by atoms with Gasteiger partial charge in [0.25, 0.3) is 0 Å². The van der Waals surface area contributed by atoms with Crippen molar-refractivity contribution in [2.45, 2.75) is 13.1 Å². The molecule has 4 nitrogen and oxygen atoms in total. The van der Waals surface area contributed by atoms with Crippen LogP contribution in [-0.4, -0.2) is 21.9 Å². The molecule has 0 radical (unpaired) electrons. The van der Waals surface area contributed by atoms with Crippen LogP contribution in [0.15, 0.2) is 42.2 Å². The number of allylic oxidation sites excluding steroid dienone is 2. The standard InChI is InChI=1S/C18H13F3N4S2/c1-8-4-12-16(26-8)17-13(25-12)7-14(27-17)9-2-3-24-11(5-9)10(22)6-15(23)18(19,20)21/h2-7,22,25H,23H2,1H3. The van der Waals surface area contributed by atoms with Gasteiger partial charge in [0.1, 0.15) is 5.70 Å². The Morgan fingerprint density at radius 2 is 1.89 bits per heavy atom. The number of halogens is 3. The molecule has 0 aromatic carbocycles. The summed E-state index contributed by atoms with van der Waals surface area (Å²) in [6, 6.07) is 7.49. The maximum Gasteiger partial charge on any atom is 0.430 e. The summed E-state index contributed by atoms with van der Waals surface area (Å²) in [6.07, 6.45) is -2.60. The number of aryl methyl sites for hydroxylation is 1. The minimum Gasteiger partial charge on any atom is -0.395 e. The van der Waals surface area contributed by atoms with Crippen LogP contribution < -0.4 is 5.73 Å². The second kappa shape index (κ2) is 6.21. The molecule has 9 heteroatoms. The van der Waals surface area contributed by atoms with Crippen LogP contribution in [0.25, 0.3) is 30.9 Å². The Labute approximate surface area is 159 Å². The van der Waals surface area contributed by atoms with Crippen molar-refractivity contribution in [3.8, 4) is 10.4 Å². The average Bonchev–Trinajstić information content (AvgIpc) is 3.24. The quantitative estimate of drug-likeness (QED) is 0.388. The third-order valence-corrected chi connectivity index (χ3v) is 6.41. The van der Waals surface area contributed by atoms with Crippen molar-refractivity contribution in [3.63, 3.8) is 0 Å². The molecule has 27 heavy (non-hydrogen) atoms. The van der Waals surface area contributed by atoms with E-state index in [9.17, 15) is 13.2 Å². The first kappa shape index (κ1) is 17.7. The van der Waals surface area contributed by atoms with E-state index in [1.54, 1.807) is 34.8 Å². The van der Waals surface area contributed by atoms with Crippen LogP contribution in [0.3, 0.4) is 0 Å². The van der Waals surface area contributed by atoms with E-state index in [4.69, 9.17) is 11.1 Å². The minimum atomic E-state index is -4.67. The number of aromatic nitrogens is 2. The molecule has 0 saturated carbocycles. The number of thiophene rings is 2. The Morgan fingerprint density at radius 1 is 1.19 bits per heavy atom. The first-order chi connectivity index (χ1) is 12.7. The fourth-order valence-electron chi connectivity index (χ4n) is 2.76. The number of nitrogens with zero attached hydrogens (tertiary/aromatic N) is 1. The SMILES string of the molecule is Cc1cc2[nH]c3cc(-c4ccnc(C(=N)C=C(N)C(F)(F)F)c4)sc3c2s1. The van der Waals surface area contributed by atoms with Gasteiger partial charge in [0.2, 0.25) is 0 Å². The molecule has 0 amide bonds. The molecule has 0 fully saturated rings. The molecule has 0 unspecified atom stereocenters. The predicted octanol–water partition coefficient (Wildman–Crippen LogP) is 5.59. The number of nitrogens with two attached hydrogens (primary N) is 1. The zero-order chi connectivity index (χ0) is 19.3. The van der Waals surface area contributed by atoms with Gasteiger partial charge in [-0.3, -0.25) is 10.4 Å². The molecule has 0 bridgehead atoms. The number of H-pyrrole nitrogens is 1. The molecule has 4 aromatic heterocycles. The van der Waals surface area contributed by atoms with Gasteiger partial charge in [-0.1, -0.05) is 0 Å². The molecular weight excluding hydrogens is 393 g/mol. The topological polar surface area (TPSA) is 78.5 Å². The maximum atomic E-state index is 12.6. The first-order valence-electron chi connectivity index (χ1n) is 7.84. The summed E-state index contributed by atoms with van der Waals surface area (Å²) in [5, 5.41) is 7.87. The van der Waals surface area contributed by atoms with Crippen LogP contribution in [0, 0.1) is 12.3 Å². The van der Waals surface area contributed by atoms with Gasteiger partial charge in [-0.05, 0) is 42.8 Å². The van der Waals surface area contributed by atoms with E-state index >= 15 is 0 Å². The molecule has 4 rings (SSSR count). The van der Waals surface area contributed by atoms with Crippen LogP contribution in [0.2, 0.25) is 0 Å². The summed E-state index contributed by atoms with van der Waals surface area (Å²) in [7, 11) is 0. The number of fused-ring (bicyclic) bond motifs is 3. The van der Waals surface area contributed by atoms with Crippen molar-refractivity contribution in [1.29, 1.82) is 5.41 Å². The Kier molecular flexibility index (Phi) is 4.08. The average molecular weight is 406 g/mol. The third-order valence-electron chi connectivity index (χ3n) is 4.01. The van der Waals surface area contributed by atoms with Gasteiger partial charge >= 0.3 is 6.18 Å². The van der Waals surface area contributed by atoms with Gasteiger partial charge in [-0.15, -0.1) is 22.7 Å². The highest BCUT2D eigenvalue weighted by Gasteiger charge is 2.31. The Bertz CT molecular complexity index is 1210. The van der Waals surface area contributed by atoms with Crippen LogP contribution in [0.1, 0.15) is 10.6 Å². The number of aromatic amines is 1. The van der Waals surface area contributed by atoms with Crippen LogP contribution in [-0.2, 0) is 0 Å². The van der Waals surface area contributed by atoms with E-state index < -0.39 is 11.9 Å². The van der Waals surface area contributed by atoms with Gasteiger partial charge in [0.15, 0.2) is 0 Å². The third kappa shape index (κ3) is 3.24. The summed E-state index contributed by atoms with van der Waals surface area (Å²) in [4.78, 5) is 9.56. The smallest absolute Gasteiger partial charge is 0.395 e.